The highest BCUT2D eigenvalue weighted by Gasteiger charge is 2.25. The van der Waals surface area contributed by atoms with E-state index in [1.165, 1.54) is 0 Å². The van der Waals surface area contributed by atoms with E-state index in [0.29, 0.717) is 12.4 Å². The van der Waals surface area contributed by atoms with Gasteiger partial charge in [0.25, 0.3) is 0 Å². The number of anilines is 1. The summed E-state index contributed by atoms with van der Waals surface area (Å²) in [7, 11) is 1.62. The Kier molecular flexibility index (Phi) is 5.65. The lowest BCUT2D eigenvalue weighted by Crippen LogP contribution is -2.36. The Bertz CT molecular complexity index is 728. The van der Waals surface area contributed by atoms with Gasteiger partial charge in [-0.25, -0.2) is 14.5 Å². The van der Waals surface area contributed by atoms with E-state index in [0.717, 1.165) is 49.3 Å². The SMILES string of the molecule is CCCc1ccccc1NC(=O)NC1CCCn2nc(COC)nc21. The van der Waals surface area contributed by atoms with Crippen LogP contribution in [0, 0.1) is 0 Å². The highest BCUT2D eigenvalue weighted by atomic mass is 16.5. The Morgan fingerprint density at radius 3 is 3.04 bits per heavy atom. The van der Waals surface area contributed by atoms with Gasteiger partial charge in [0, 0.05) is 19.3 Å². The van der Waals surface area contributed by atoms with Crippen LogP contribution < -0.4 is 10.6 Å². The molecule has 0 fully saturated rings. The van der Waals surface area contributed by atoms with Gasteiger partial charge in [-0.05, 0) is 30.9 Å². The van der Waals surface area contributed by atoms with Crippen molar-refractivity contribution in [2.24, 2.45) is 0 Å². The van der Waals surface area contributed by atoms with Gasteiger partial charge in [-0.15, -0.1) is 0 Å². The summed E-state index contributed by atoms with van der Waals surface area (Å²) in [5.74, 6) is 1.45. The van der Waals surface area contributed by atoms with E-state index in [4.69, 9.17) is 4.74 Å². The summed E-state index contributed by atoms with van der Waals surface area (Å²) >= 11 is 0. The third-order valence-corrected chi connectivity index (χ3v) is 4.28. The van der Waals surface area contributed by atoms with Crippen LogP contribution >= 0.6 is 0 Å². The predicted octanol–water partition coefficient (Wildman–Crippen LogP) is 3.03. The van der Waals surface area contributed by atoms with Gasteiger partial charge < -0.3 is 15.4 Å². The van der Waals surface area contributed by atoms with Gasteiger partial charge in [0.2, 0.25) is 0 Å². The third kappa shape index (κ3) is 4.17. The first-order chi connectivity index (χ1) is 12.2. The van der Waals surface area contributed by atoms with Crippen molar-refractivity contribution in [2.75, 3.05) is 12.4 Å². The summed E-state index contributed by atoms with van der Waals surface area (Å²) in [6.07, 6.45) is 3.79. The highest BCUT2D eigenvalue weighted by molar-refractivity contribution is 5.90. The zero-order chi connectivity index (χ0) is 17.6. The van der Waals surface area contributed by atoms with E-state index < -0.39 is 0 Å². The number of benzene rings is 1. The molecule has 1 atom stereocenters. The van der Waals surface area contributed by atoms with Gasteiger partial charge in [0.05, 0.1) is 6.04 Å². The van der Waals surface area contributed by atoms with Crippen LogP contribution in [0.5, 0.6) is 0 Å². The van der Waals surface area contributed by atoms with Crippen LogP contribution in [0.3, 0.4) is 0 Å². The van der Waals surface area contributed by atoms with E-state index in [1.54, 1.807) is 7.11 Å². The van der Waals surface area contributed by atoms with Gasteiger partial charge in [-0.3, -0.25) is 0 Å². The first-order valence-corrected chi connectivity index (χ1v) is 8.79. The Labute approximate surface area is 147 Å². The molecule has 0 bridgehead atoms. The molecule has 0 saturated carbocycles. The number of aryl methyl sites for hydroxylation is 2. The van der Waals surface area contributed by atoms with Crippen molar-refractivity contribution < 1.29 is 9.53 Å². The number of carbonyl (C=O) groups excluding carboxylic acids is 1. The summed E-state index contributed by atoms with van der Waals surface area (Å²) < 4.78 is 6.97. The second-order valence-corrected chi connectivity index (χ2v) is 6.24. The molecule has 0 aliphatic carbocycles. The molecule has 7 nitrogen and oxygen atoms in total. The number of nitrogens with one attached hydrogen (secondary N) is 2. The smallest absolute Gasteiger partial charge is 0.319 e. The molecule has 2 heterocycles. The number of amides is 2. The molecule has 1 aliphatic heterocycles. The summed E-state index contributed by atoms with van der Waals surface area (Å²) in [6.45, 7) is 3.33. The van der Waals surface area contributed by atoms with Gasteiger partial charge in [0.15, 0.2) is 5.82 Å². The van der Waals surface area contributed by atoms with Crippen LogP contribution in [0.1, 0.15) is 49.4 Å². The molecule has 2 amide bonds. The Morgan fingerprint density at radius 2 is 2.24 bits per heavy atom. The van der Waals surface area contributed by atoms with Crippen LogP contribution in [0.15, 0.2) is 24.3 Å². The summed E-state index contributed by atoms with van der Waals surface area (Å²) in [4.78, 5) is 17.0. The average Bonchev–Trinajstić information content (AvgIpc) is 3.01. The monoisotopic (exact) mass is 343 g/mol. The Balaban J connectivity index is 1.68. The van der Waals surface area contributed by atoms with Crippen molar-refractivity contribution in [3.63, 3.8) is 0 Å². The lowest BCUT2D eigenvalue weighted by atomic mass is 10.1. The van der Waals surface area contributed by atoms with Gasteiger partial charge in [-0.1, -0.05) is 31.5 Å². The number of nitrogens with zero attached hydrogens (tertiary/aromatic N) is 3. The first kappa shape index (κ1) is 17.4. The van der Waals surface area contributed by atoms with Crippen molar-refractivity contribution >= 4 is 11.7 Å². The summed E-state index contributed by atoms with van der Waals surface area (Å²) in [5.41, 5.74) is 2.01. The molecule has 0 saturated heterocycles. The van der Waals surface area contributed by atoms with Crippen molar-refractivity contribution in [2.45, 2.75) is 51.8 Å². The lowest BCUT2D eigenvalue weighted by molar-refractivity contribution is 0.177. The first-order valence-electron chi connectivity index (χ1n) is 8.79. The van der Waals surface area contributed by atoms with Crippen LogP contribution in [0.25, 0.3) is 0 Å². The van der Waals surface area contributed by atoms with E-state index in [-0.39, 0.29) is 12.1 Å². The number of ether oxygens (including phenoxy) is 1. The summed E-state index contributed by atoms with van der Waals surface area (Å²) in [5, 5.41) is 10.4. The van der Waals surface area contributed by atoms with Gasteiger partial charge in [-0.2, -0.15) is 5.10 Å². The molecule has 1 unspecified atom stereocenters. The molecule has 3 rings (SSSR count). The molecule has 25 heavy (non-hydrogen) atoms. The molecule has 134 valence electrons. The molecule has 2 N–H and O–H groups in total. The molecule has 1 aromatic heterocycles. The molecule has 7 heteroatoms. The second-order valence-electron chi connectivity index (χ2n) is 6.24. The van der Waals surface area contributed by atoms with Crippen LogP contribution in [0.4, 0.5) is 10.5 Å². The van der Waals surface area contributed by atoms with E-state index in [1.807, 2.05) is 28.9 Å². The lowest BCUT2D eigenvalue weighted by Gasteiger charge is -2.23. The Morgan fingerprint density at radius 1 is 1.40 bits per heavy atom. The van der Waals surface area contributed by atoms with E-state index in [2.05, 4.69) is 27.6 Å². The molecular weight excluding hydrogens is 318 g/mol. The maximum Gasteiger partial charge on any atom is 0.319 e. The standard InChI is InChI=1S/C18H25N5O2/c1-3-7-13-8-4-5-9-14(13)19-18(24)20-15-10-6-11-23-17(15)21-16(22-23)12-25-2/h4-5,8-9,15H,3,6-7,10-12H2,1-2H3,(H2,19,20,24). The minimum atomic E-state index is -0.210. The number of rotatable bonds is 6. The number of hydrogen-bond donors (Lipinski definition) is 2. The second kappa shape index (κ2) is 8.11. The average molecular weight is 343 g/mol. The molecule has 0 spiro atoms. The number of aromatic nitrogens is 3. The topological polar surface area (TPSA) is 81.1 Å². The predicted molar refractivity (Wildman–Crippen MR) is 95.3 cm³/mol. The third-order valence-electron chi connectivity index (χ3n) is 4.28. The van der Waals surface area contributed by atoms with Crippen LogP contribution in [-0.4, -0.2) is 27.9 Å². The fraction of sp³-hybridized carbons (Fsp3) is 0.500. The Hall–Kier alpha value is -2.41. The highest BCUT2D eigenvalue weighted by Crippen LogP contribution is 2.24. The van der Waals surface area contributed by atoms with Crippen molar-refractivity contribution in [1.82, 2.24) is 20.1 Å². The van der Waals surface area contributed by atoms with Gasteiger partial charge >= 0.3 is 6.03 Å². The van der Waals surface area contributed by atoms with Gasteiger partial charge in [0.1, 0.15) is 12.4 Å². The number of hydrogen-bond acceptors (Lipinski definition) is 4. The fourth-order valence-electron chi connectivity index (χ4n) is 3.17. The quantitative estimate of drug-likeness (QED) is 0.845. The number of carbonyl (C=O) groups is 1. The minimum absolute atomic E-state index is 0.134. The minimum Gasteiger partial charge on any atom is -0.377 e. The fourth-order valence-corrected chi connectivity index (χ4v) is 3.17. The molecule has 2 aromatic rings. The molecular formula is C18H25N5O2. The zero-order valence-electron chi connectivity index (χ0n) is 14.8. The van der Waals surface area contributed by atoms with Crippen molar-refractivity contribution in [1.29, 1.82) is 0 Å². The van der Waals surface area contributed by atoms with Crippen molar-refractivity contribution in [3.05, 3.63) is 41.5 Å². The summed E-state index contributed by atoms with van der Waals surface area (Å²) in [6, 6.07) is 7.57. The van der Waals surface area contributed by atoms with E-state index in [9.17, 15) is 4.79 Å². The maximum atomic E-state index is 12.5. The largest absolute Gasteiger partial charge is 0.377 e. The van der Waals surface area contributed by atoms with E-state index >= 15 is 0 Å². The number of fused-ring (bicyclic) bond motifs is 1. The zero-order valence-corrected chi connectivity index (χ0v) is 14.8. The van der Waals surface area contributed by atoms with Crippen molar-refractivity contribution in [3.8, 4) is 0 Å². The number of para-hydroxylation sites is 1. The van der Waals surface area contributed by atoms with Crippen LogP contribution in [0.2, 0.25) is 0 Å². The maximum absolute atomic E-state index is 12.5. The molecule has 1 aliphatic rings. The molecule has 1 aromatic carbocycles. The normalized spacial score (nSPS) is 16.3. The molecule has 0 radical (unpaired) electrons. The number of methoxy groups -OCH3 is 1. The van der Waals surface area contributed by atoms with Crippen LogP contribution in [-0.2, 0) is 24.3 Å². The number of urea groups is 1.